The Kier molecular flexibility index (Phi) is 3.22. The fourth-order valence-corrected chi connectivity index (χ4v) is 2.18. The van der Waals surface area contributed by atoms with Crippen LogP contribution in [-0.2, 0) is 0 Å². The molecular formula is C16H10BrFO. The highest BCUT2D eigenvalue weighted by Crippen LogP contribution is 2.31. The minimum Gasteiger partial charge on any atom is -0.453 e. The van der Waals surface area contributed by atoms with Gasteiger partial charge < -0.3 is 4.42 Å². The molecule has 19 heavy (non-hydrogen) atoms. The van der Waals surface area contributed by atoms with Crippen molar-refractivity contribution >= 4 is 15.9 Å². The molecule has 3 rings (SSSR count). The Morgan fingerprint density at radius 2 is 1.53 bits per heavy atom. The third-order valence-electron chi connectivity index (χ3n) is 2.85. The minimum atomic E-state index is -0.343. The maximum atomic E-state index is 14.0. The lowest BCUT2D eigenvalue weighted by Gasteiger charge is -1.98. The van der Waals surface area contributed by atoms with Gasteiger partial charge in [0.1, 0.15) is 5.76 Å². The highest BCUT2D eigenvalue weighted by atomic mass is 79.9. The number of benzene rings is 2. The van der Waals surface area contributed by atoms with E-state index in [1.165, 1.54) is 6.07 Å². The summed E-state index contributed by atoms with van der Waals surface area (Å²) in [4.78, 5) is 0. The third kappa shape index (κ3) is 2.47. The average molecular weight is 317 g/mol. The molecule has 2 aromatic carbocycles. The van der Waals surface area contributed by atoms with Crippen molar-refractivity contribution in [2.24, 2.45) is 0 Å². The summed E-state index contributed by atoms with van der Waals surface area (Å²) in [6, 6.07) is 18.3. The van der Waals surface area contributed by atoms with Gasteiger partial charge in [0.2, 0.25) is 0 Å². The molecule has 0 saturated heterocycles. The van der Waals surface area contributed by atoms with Gasteiger partial charge in [-0.15, -0.1) is 0 Å². The predicted octanol–water partition coefficient (Wildman–Crippen LogP) is 5.52. The first-order valence-corrected chi connectivity index (χ1v) is 6.64. The summed E-state index contributed by atoms with van der Waals surface area (Å²) < 4.78 is 20.6. The first kappa shape index (κ1) is 12.2. The summed E-state index contributed by atoms with van der Waals surface area (Å²) in [5, 5.41) is 0. The zero-order chi connectivity index (χ0) is 13.2. The van der Waals surface area contributed by atoms with E-state index in [2.05, 4.69) is 15.9 Å². The normalized spacial score (nSPS) is 10.6. The van der Waals surface area contributed by atoms with Crippen LogP contribution in [0.1, 0.15) is 0 Å². The highest BCUT2D eigenvalue weighted by molar-refractivity contribution is 9.10. The summed E-state index contributed by atoms with van der Waals surface area (Å²) in [6.45, 7) is 0. The SMILES string of the molecule is Fc1cc(-c2ccc(Br)cc2)oc1-c1ccccc1. The summed E-state index contributed by atoms with van der Waals surface area (Å²) in [5.74, 6) is 0.464. The van der Waals surface area contributed by atoms with E-state index in [0.29, 0.717) is 5.76 Å². The van der Waals surface area contributed by atoms with Crippen molar-refractivity contribution in [3.8, 4) is 22.6 Å². The van der Waals surface area contributed by atoms with Crippen LogP contribution >= 0.6 is 15.9 Å². The Labute approximate surface area is 118 Å². The van der Waals surface area contributed by atoms with E-state index in [9.17, 15) is 4.39 Å². The Hall–Kier alpha value is -1.87. The molecule has 0 unspecified atom stereocenters. The van der Waals surface area contributed by atoms with E-state index in [4.69, 9.17) is 4.42 Å². The second-order valence-electron chi connectivity index (χ2n) is 4.16. The Balaban J connectivity index is 2.04. The van der Waals surface area contributed by atoms with E-state index in [-0.39, 0.29) is 11.6 Å². The first-order chi connectivity index (χ1) is 9.24. The van der Waals surface area contributed by atoms with E-state index < -0.39 is 0 Å². The van der Waals surface area contributed by atoms with Crippen molar-refractivity contribution in [3.63, 3.8) is 0 Å². The van der Waals surface area contributed by atoms with Crippen LogP contribution in [0.4, 0.5) is 4.39 Å². The zero-order valence-electron chi connectivity index (χ0n) is 9.94. The Morgan fingerprint density at radius 1 is 0.842 bits per heavy atom. The summed E-state index contributed by atoms with van der Waals surface area (Å²) >= 11 is 3.37. The first-order valence-electron chi connectivity index (χ1n) is 5.85. The van der Waals surface area contributed by atoms with Crippen LogP contribution < -0.4 is 0 Å². The number of rotatable bonds is 2. The average Bonchev–Trinajstić information content (AvgIpc) is 2.83. The fourth-order valence-electron chi connectivity index (χ4n) is 1.91. The minimum absolute atomic E-state index is 0.276. The van der Waals surface area contributed by atoms with Crippen LogP contribution in [0.3, 0.4) is 0 Å². The van der Waals surface area contributed by atoms with Crippen LogP contribution in [0.5, 0.6) is 0 Å². The van der Waals surface area contributed by atoms with Crippen molar-refractivity contribution in [1.29, 1.82) is 0 Å². The molecule has 1 aromatic heterocycles. The lowest BCUT2D eigenvalue weighted by atomic mass is 10.1. The van der Waals surface area contributed by atoms with Gasteiger partial charge in [-0.25, -0.2) is 4.39 Å². The van der Waals surface area contributed by atoms with Crippen LogP contribution in [0.2, 0.25) is 0 Å². The van der Waals surface area contributed by atoms with Gasteiger partial charge >= 0.3 is 0 Å². The number of halogens is 2. The molecule has 0 radical (unpaired) electrons. The van der Waals surface area contributed by atoms with Crippen molar-refractivity contribution in [3.05, 3.63) is 71.0 Å². The van der Waals surface area contributed by atoms with Gasteiger partial charge in [-0.05, 0) is 12.1 Å². The van der Waals surface area contributed by atoms with Gasteiger partial charge in [-0.3, -0.25) is 0 Å². The van der Waals surface area contributed by atoms with E-state index in [1.54, 1.807) is 0 Å². The van der Waals surface area contributed by atoms with Crippen LogP contribution in [0, 0.1) is 5.82 Å². The maximum absolute atomic E-state index is 14.0. The van der Waals surface area contributed by atoms with Crippen molar-refractivity contribution in [2.75, 3.05) is 0 Å². The van der Waals surface area contributed by atoms with Gasteiger partial charge in [-0.1, -0.05) is 58.4 Å². The second kappa shape index (κ2) is 5.02. The van der Waals surface area contributed by atoms with Crippen LogP contribution in [0.15, 0.2) is 69.6 Å². The fraction of sp³-hybridized carbons (Fsp3) is 0. The van der Waals surface area contributed by atoms with Gasteiger partial charge in [-0.2, -0.15) is 0 Å². The molecule has 3 aromatic rings. The Bertz CT molecular complexity index is 687. The largest absolute Gasteiger partial charge is 0.453 e. The maximum Gasteiger partial charge on any atom is 0.170 e. The second-order valence-corrected chi connectivity index (χ2v) is 5.08. The van der Waals surface area contributed by atoms with Crippen LogP contribution in [0.25, 0.3) is 22.6 Å². The highest BCUT2D eigenvalue weighted by Gasteiger charge is 2.13. The van der Waals surface area contributed by atoms with E-state index in [1.807, 2.05) is 54.6 Å². The molecule has 94 valence electrons. The molecule has 0 N–H and O–H groups in total. The third-order valence-corrected chi connectivity index (χ3v) is 3.38. The molecule has 0 aliphatic carbocycles. The van der Waals surface area contributed by atoms with Crippen molar-refractivity contribution in [2.45, 2.75) is 0 Å². The van der Waals surface area contributed by atoms with Gasteiger partial charge in [0, 0.05) is 21.7 Å². The molecule has 1 heterocycles. The van der Waals surface area contributed by atoms with Crippen LogP contribution in [-0.4, -0.2) is 0 Å². The summed E-state index contributed by atoms with van der Waals surface area (Å²) in [5.41, 5.74) is 1.59. The lowest BCUT2D eigenvalue weighted by molar-refractivity contribution is 0.558. The van der Waals surface area contributed by atoms with Crippen molar-refractivity contribution in [1.82, 2.24) is 0 Å². The predicted molar refractivity (Wildman–Crippen MR) is 77.2 cm³/mol. The smallest absolute Gasteiger partial charge is 0.170 e. The molecule has 0 bridgehead atoms. The van der Waals surface area contributed by atoms with Gasteiger partial charge in [0.25, 0.3) is 0 Å². The van der Waals surface area contributed by atoms with Gasteiger partial charge in [0.05, 0.1) is 0 Å². The molecule has 1 nitrogen and oxygen atoms in total. The van der Waals surface area contributed by atoms with Crippen molar-refractivity contribution < 1.29 is 8.81 Å². The molecule has 0 atom stereocenters. The molecule has 0 fully saturated rings. The van der Waals surface area contributed by atoms with E-state index >= 15 is 0 Å². The molecule has 3 heteroatoms. The summed E-state index contributed by atoms with van der Waals surface area (Å²) in [6.07, 6.45) is 0. The van der Waals surface area contributed by atoms with E-state index in [0.717, 1.165) is 15.6 Å². The Morgan fingerprint density at radius 3 is 2.21 bits per heavy atom. The number of hydrogen-bond acceptors (Lipinski definition) is 1. The molecular weight excluding hydrogens is 307 g/mol. The number of hydrogen-bond donors (Lipinski definition) is 0. The molecule has 0 spiro atoms. The standard InChI is InChI=1S/C16H10BrFO/c17-13-8-6-11(7-9-13)15-10-14(18)16(19-15)12-4-2-1-3-5-12/h1-10H. The molecule has 0 aliphatic heterocycles. The quantitative estimate of drug-likeness (QED) is 0.607. The summed E-state index contributed by atoms with van der Waals surface area (Å²) in [7, 11) is 0. The lowest BCUT2D eigenvalue weighted by Crippen LogP contribution is -1.75. The topological polar surface area (TPSA) is 13.1 Å². The molecule has 0 aliphatic rings. The van der Waals surface area contributed by atoms with Gasteiger partial charge in [0.15, 0.2) is 11.6 Å². The zero-order valence-corrected chi connectivity index (χ0v) is 11.5. The number of furan rings is 1. The molecule has 0 saturated carbocycles. The molecule has 0 amide bonds. The monoisotopic (exact) mass is 316 g/mol.